The molecule has 2 heterocycles. The van der Waals surface area contributed by atoms with Crippen LogP contribution < -0.4 is 58.2 Å². The summed E-state index contributed by atoms with van der Waals surface area (Å²) in [6.45, 7) is 1.84. The minimum absolute atomic E-state index is 0. The largest absolute Gasteiger partial charge is 1.00 e. The first-order chi connectivity index (χ1) is 5.58. The zero-order valence-corrected chi connectivity index (χ0v) is 13.2. The van der Waals surface area contributed by atoms with E-state index < -0.39 is 10.0 Å². The molecule has 0 aliphatic carbocycles. The van der Waals surface area contributed by atoms with Crippen molar-refractivity contribution in [1.82, 2.24) is 4.98 Å². The third-order valence-corrected chi connectivity index (χ3v) is 2.94. The molecular formula is C7H7N2O2RbS. The van der Waals surface area contributed by atoms with Crippen molar-refractivity contribution in [3.63, 3.8) is 0 Å². The van der Waals surface area contributed by atoms with Crippen molar-refractivity contribution in [3.05, 3.63) is 28.2 Å². The van der Waals surface area contributed by atoms with Gasteiger partial charge in [-0.1, -0.05) is 0 Å². The zero-order valence-electron chi connectivity index (χ0n) is 7.48. The summed E-state index contributed by atoms with van der Waals surface area (Å²) in [6.07, 6.45) is 3.13. The van der Waals surface area contributed by atoms with E-state index in [1.807, 2.05) is 6.92 Å². The number of rotatable bonds is 0. The van der Waals surface area contributed by atoms with Gasteiger partial charge in [-0.25, -0.2) is 8.42 Å². The molecule has 1 aliphatic rings. The third kappa shape index (κ3) is 2.39. The Morgan fingerprint density at radius 2 is 2.15 bits per heavy atom. The Labute approximate surface area is 126 Å². The maximum atomic E-state index is 11.0. The first-order valence-electron chi connectivity index (χ1n) is 3.48. The Balaban J connectivity index is 0.000000845. The van der Waals surface area contributed by atoms with Gasteiger partial charge < -0.3 is 4.72 Å². The van der Waals surface area contributed by atoms with Gasteiger partial charge in [-0.3, -0.25) is 4.98 Å². The van der Waals surface area contributed by atoms with Crippen LogP contribution in [0.1, 0.15) is 11.1 Å². The average Bonchev–Trinajstić information content (AvgIpc) is 2.25. The van der Waals surface area contributed by atoms with Gasteiger partial charge in [0.05, 0.1) is 15.8 Å². The summed E-state index contributed by atoms with van der Waals surface area (Å²) in [5.74, 6) is 0.0245. The predicted octanol–water partition coefficient (Wildman–Crippen LogP) is -1.76. The van der Waals surface area contributed by atoms with E-state index in [1.165, 1.54) is 6.20 Å². The molecule has 0 amide bonds. The first kappa shape index (κ1) is 11.8. The van der Waals surface area contributed by atoms with Crippen molar-refractivity contribution in [1.29, 1.82) is 0 Å². The Kier molecular flexibility index (Phi) is 3.68. The summed E-state index contributed by atoms with van der Waals surface area (Å²) in [6, 6.07) is 0. The fraction of sp³-hybridized carbons (Fsp3) is 0.286. The Hall–Kier alpha value is 0.705. The standard InChI is InChI=1S/C7H7N2O2S.Rb/c1-5-2-8-3-7-6(5)4-12(10,11)9-7;/h2-3H,4H2,1H3;/q-1;+1. The number of aryl methyl sites for hydroxylation is 1. The second-order valence-electron chi connectivity index (χ2n) is 2.77. The molecule has 1 aromatic heterocycles. The molecule has 0 radical (unpaired) electrons. The van der Waals surface area contributed by atoms with Gasteiger partial charge >= 0.3 is 58.2 Å². The summed E-state index contributed by atoms with van der Waals surface area (Å²) < 4.78 is 25.6. The van der Waals surface area contributed by atoms with Gasteiger partial charge in [0.25, 0.3) is 0 Å². The van der Waals surface area contributed by atoms with E-state index in [1.54, 1.807) is 6.20 Å². The summed E-state index contributed by atoms with van der Waals surface area (Å²) in [4.78, 5) is 3.86. The number of pyridine rings is 1. The van der Waals surface area contributed by atoms with Crippen molar-refractivity contribution >= 4 is 15.7 Å². The maximum absolute atomic E-state index is 11.0. The van der Waals surface area contributed by atoms with Crippen LogP contribution in [-0.4, -0.2) is 13.4 Å². The minimum Gasteiger partial charge on any atom is -0.575 e. The molecule has 0 bridgehead atoms. The van der Waals surface area contributed by atoms with Gasteiger partial charge in [-0.15, -0.1) is 5.69 Å². The summed E-state index contributed by atoms with van der Waals surface area (Å²) >= 11 is 0. The number of aromatic nitrogens is 1. The van der Waals surface area contributed by atoms with E-state index in [0.717, 1.165) is 11.1 Å². The van der Waals surface area contributed by atoms with E-state index in [9.17, 15) is 8.42 Å². The van der Waals surface area contributed by atoms with Crippen molar-refractivity contribution in [2.75, 3.05) is 0 Å². The van der Waals surface area contributed by atoms with Crippen LogP contribution in [0.5, 0.6) is 0 Å². The van der Waals surface area contributed by atoms with Gasteiger partial charge in [-0.05, 0) is 18.1 Å². The molecule has 13 heavy (non-hydrogen) atoms. The van der Waals surface area contributed by atoms with E-state index in [-0.39, 0.29) is 63.9 Å². The van der Waals surface area contributed by atoms with Crippen LogP contribution in [0.4, 0.5) is 5.69 Å². The topological polar surface area (TPSA) is 61.1 Å². The van der Waals surface area contributed by atoms with Crippen LogP contribution in [-0.2, 0) is 15.8 Å². The molecule has 6 heteroatoms. The minimum atomic E-state index is -3.24. The predicted molar refractivity (Wildman–Crippen MR) is 44.6 cm³/mol. The summed E-state index contributed by atoms with van der Waals surface area (Å²) in [5, 5.41) is 0. The van der Waals surface area contributed by atoms with Crippen molar-refractivity contribution < 1.29 is 66.6 Å². The van der Waals surface area contributed by atoms with Gasteiger partial charge in [-0.2, -0.15) is 0 Å². The van der Waals surface area contributed by atoms with Crippen LogP contribution in [0, 0.1) is 6.92 Å². The van der Waals surface area contributed by atoms with Crippen molar-refractivity contribution in [3.8, 4) is 0 Å². The fourth-order valence-corrected chi connectivity index (χ4v) is 2.47. The molecule has 1 aliphatic heterocycles. The second kappa shape index (κ2) is 4.06. The molecule has 0 aromatic carbocycles. The zero-order chi connectivity index (χ0) is 8.77. The number of hydrogen-bond acceptors (Lipinski definition) is 3. The van der Waals surface area contributed by atoms with Crippen LogP contribution in [0.15, 0.2) is 12.4 Å². The van der Waals surface area contributed by atoms with E-state index in [0.29, 0.717) is 5.69 Å². The number of hydrogen-bond donors (Lipinski definition) is 0. The number of nitrogens with zero attached hydrogens (tertiary/aromatic N) is 2. The fourth-order valence-electron chi connectivity index (χ4n) is 1.21. The molecular weight excluding hydrogens is 262 g/mol. The second-order valence-corrected chi connectivity index (χ2v) is 4.41. The van der Waals surface area contributed by atoms with Crippen LogP contribution >= 0.6 is 0 Å². The van der Waals surface area contributed by atoms with Gasteiger partial charge in [0, 0.05) is 12.4 Å². The van der Waals surface area contributed by atoms with Crippen molar-refractivity contribution in [2.45, 2.75) is 12.7 Å². The van der Waals surface area contributed by atoms with E-state index >= 15 is 0 Å². The Morgan fingerprint density at radius 1 is 1.46 bits per heavy atom. The molecule has 0 N–H and O–H groups in total. The average molecular weight is 269 g/mol. The molecule has 0 saturated heterocycles. The quantitative estimate of drug-likeness (QED) is 0.560. The third-order valence-electron chi connectivity index (χ3n) is 1.81. The Morgan fingerprint density at radius 3 is 2.77 bits per heavy atom. The molecule has 1 aromatic rings. The van der Waals surface area contributed by atoms with Crippen LogP contribution in [0.25, 0.3) is 4.72 Å². The molecule has 0 saturated carbocycles. The molecule has 0 unspecified atom stereocenters. The SMILES string of the molecule is Cc1cncc2c1CS(=O)(=O)[N-]2.[Rb+]. The molecule has 0 fully saturated rings. The van der Waals surface area contributed by atoms with Crippen LogP contribution in [0.3, 0.4) is 0 Å². The van der Waals surface area contributed by atoms with Gasteiger partial charge in [0.2, 0.25) is 0 Å². The van der Waals surface area contributed by atoms with Gasteiger partial charge in [0.15, 0.2) is 0 Å². The molecule has 64 valence electrons. The normalized spacial score (nSPS) is 17.0. The first-order valence-corrected chi connectivity index (χ1v) is 5.08. The van der Waals surface area contributed by atoms with Crippen LogP contribution in [0.2, 0.25) is 0 Å². The molecule has 0 atom stereocenters. The van der Waals surface area contributed by atoms with E-state index in [4.69, 9.17) is 0 Å². The molecule has 2 rings (SSSR count). The summed E-state index contributed by atoms with van der Waals surface area (Å²) in [7, 11) is -3.24. The Bertz CT molecular complexity index is 430. The van der Waals surface area contributed by atoms with E-state index in [2.05, 4.69) is 9.71 Å². The van der Waals surface area contributed by atoms with Crippen molar-refractivity contribution in [2.24, 2.45) is 0 Å². The summed E-state index contributed by atoms with van der Waals surface area (Å²) in [5.41, 5.74) is 2.16. The van der Waals surface area contributed by atoms with Gasteiger partial charge in [0.1, 0.15) is 0 Å². The molecule has 4 nitrogen and oxygen atoms in total. The smallest absolute Gasteiger partial charge is 0.575 e. The maximum Gasteiger partial charge on any atom is 1.00 e. The molecule has 0 spiro atoms. The monoisotopic (exact) mass is 268 g/mol. The number of fused-ring (bicyclic) bond motifs is 1. The number of sulfonamides is 1.